The Morgan fingerprint density at radius 3 is 2.58 bits per heavy atom. The average molecular weight is 791 g/mol. The normalized spacial score (nSPS) is 20.1. The second-order valence-corrected chi connectivity index (χ2v) is 17.9. The Morgan fingerprint density at radius 1 is 0.964 bits per heavy atom. The van der Waals surface area contributed by atoms with Crippen LogP contribution in [0.2, 0.25) is 0 Å². The molecule has 2 aliphatic heterocycles. The number of hydrogen-bond acceptors (Lipinski definition) is 10. The fourth-order valence-electron chi connectivity index (χ4n) is 7.83. The molecule has 6 aromatic rings. The molecule has 2 N–H and O–H groups in total. The Labute approximate surface area is 325 Å². The molecule has 5 heterocycles. The lowest BCUT2D eigenvalue weighted by Gasteiger charge is -2.28. The SMILES string of the molecule is CC(NC(=O)[C@@H]1C[C@]2(Cc3nccs3)C[C@@H]2N1C(=O)CNC(=O)c1ccc2c(c1)Oc1ccccc1S2)c1cc2cnccc2n1S(=O)(=O)c1ccccc1. The van der Waals surface area contributed by atoms with Gasteiger partial charge in [0.2, 0.25) is 11.8 Å². The van der Waals surface area contributed by atoms with Gasteiger partial charge in [-0.1, -0.05) is 42.1 Å². The van der Waals surface area contributed by atoms with Gasteiger partial charge in [0.05, 0.1) is 43.5 Å². The summed E-state index contributed by atoms with van der Waals surface area (Å²) in [4.78, 5) is 54.0. The van der Waals surface area contributed by atoms with E-state index in [1.807, 2.05) is 35.7 Å². The molecule has 1 saturated heterocycles. The van der Waals surface area contributed by atoms with Crippen LogP contribution < -0.4 is 15.4 Å². The van der Waals surface area contributed by atoms with Gasteiger partial charge in [0.15, 0.2) is 0 Å². The number of benzene rings is 3. The number of carbonyl (C=O) groups is 3. The van der Waals surface area contributed by atoms with Crippen molar-refractivity contribution in [3.63, 3.8) is 0 Å². The fourth-order valence-corrected chi connectivity index (χ4v) is 11.2. The van der Waals surface area contributed by atoms with Gasteiger partial charge in [0.1, 0.15) is 17.5 Å². The lowest BCUT2D eigenvalue weighted by Crippen LogP contribution is -2.51. The zero-order valence-corrected chi connectivity index (χ0v) is 31.9. The molecule has 4 atom stereocenters. The molecule has 0 bridgehead atoms. The highest BCUT2D eigenvalue weighted by atomic mass is 32.2. The maximum atomic E-state index is 14.3. The van der Waals surface area contributed by atoms with Gasteiger partial charge < -0.3 is 20.3 Å². The number of piperidine rings is 1. The monoisotopic (exact) mass is 790 g/mol. The van der Waals surface area contributed by atoms with E-state index in [9.17, 15) is 22.8 Å². The molecule has 278 valence electrons. The second-order valence-electron chi connectivity index (χ2n) is 14.0. The minimum Gasteiger partial charge on any atom is -0.455 e. The lowest BCUT2D eigenvalue weighted by molar-refractivity contribution is -0.139. The highest BCUT2D eigenvalue weighted by molar-refractivity contribution is 7.99. The quantitative estimate of drug-likeness (QED) is 0.165. The van der Waals surface area contributed by atoms with E-state index in [1.54, 1.807) is 78.4 Å². The third-order valence-corrected chi connectivity index (χ3v) is 14.2. The summed E-state index contributed by atoms with van der Waals surface area (Å²) < 4.78 is 35.4. The number of fused-ring (bicyclic) bond motifs is 4. The summed E-state index contributed by atoms with van der Waals surface area (Å²) in [6.45, 7) is 1.41. The van der Waals surface area contributed by atoms with Crippen LogP contribution in [0.3, 0.4) is 0 Å². The first kappa shape index (κ1) is 35.2. The molecule has 1 saturated carbocycles. The predicted molar refractivity (Wildman–Crippen MR) is 207 cm³/mol. The summed E-state index contributed by atoms with van der Waals surface area (Å²) in [6.07, 6.45) is 6.60. The van der Waals surface area contributed by atoms with Gasteiger partial charge in [-0.25, -0.2) is 17.4 Å². The van der Waals surface area contributed by atoms with Crippen molar-refractivity contribution in [3.8, 4) is 11.5 Å². The zero-order chi connectivity index (χ0) is 37.9. The molecule has 3 aromatic carbocycles. The highest BCUT2D eigenvalue weighted by Crippen LogP contribution is 2.61. The first-order valence-electron chi connectivity index (χ1n) is 17.7. The van der Waals surface area contributed by atoms with E-state index in [0.29, 0.717) is 52.9 Å². The number of aromatic nitrogens is 3. The number of ether oxygens (including phenoxy) is 1. The molecular weight excluding hydrogens is 757 g/mol. The Balaban J connectivity index is 0.951. The van der Waals surface area contributed by atoms with Crippen molar-refractivity contribution >= 4 is 61.7 Å². The Kier molecular flexibility index (Phi) is 8.74. The van der Waals surface area contributed by atoms with E-state index in [2.05, 4.69) is 20.6 Å². The summed E-state index contributed by atoms with van der Waals surface area (Å²) in [7, 11) is -4.06. The molecule has 55 heavy (non-hydrogen) atoms. The Hall–Kier alpha value is -5.51. The smallest absolute Gasteiger partial charge is 0.268 e. The van der Waals surface area contributed by atoms with Gasteiger partial charge in [-0.3, -0.25) is 19.4 Å². The molecule has 0 radical (unpaired) electrons. The highest BCUT2D eigenvalue weighted by Gasteiger charge is 2.67. The van der Waals surface area contributed by atoms with E-state index >= 15 is 0 Å². The standard InChI is InChI=1S/C40H34N6O6S3/c1-24(29-17-26-22-41-14-13-28(26)46(29)55(50,51)27-7-3-2-4-8-27)44-39(49)30-19-40(21-36-42-15-16-53-36)20-35(40)45(30)37(47)23-43-38(48)25-11-12-34-32(18-25)52-31-9-5-6-10-33(31)54-34/h2-18,22,24,30,35H,19-21,23H2,1H3,(H,43,48)(H,44,49)/t24?,30-,35-,40+/m0/s1. The summed E-state index contributed by atoms with van der Waals surface area (Å²) >= 11 is 3.09. The summed E-state index contributed by atoms with van der Waals surface area (Å²) in [6, 6.07) is 22.5. The van der Waals surface area contributed by atoms with Crippen molar-refractivity contribution in [3.05, 3.63) is 125 Å². The number of thiazole rings is 1. The minimum absolute atomic E-state index is 0.107. The Bertz CT molecular complexity index is 2600. The number of amides is 3. The lowest BCUT2D eigenvalue weighted by atomic mass is 9.95. The van der Waals surface area contributed by atoms with E-state index in [0.717, 1.165) is 14.8 Å². The van der Waals surface area contributed by atoms with Crippen molar-refractivity contribution in [1.82, 2.24) is 29.5 Å². The van der Waals surface area contributed by atoms with Crippen LogP contribution in [0, 0.1) is 5.41 Å². The minimum atomic E-state index is -4.06. The van der Waals surface area contributed by atoms with E-state index in [-0.39, 0.29) is 28.8 Å². The van der Waals surface area contributed by atoms with Crippen LogP contribution in [0.5, 0.6) is 11.5 Å². The van der Waals surface area contributed by atoms with Crippen LogP contribution in [0.25, 0.3) is 10.9 Å². The third-order valence-electron chi connectivity index (χ3n) is 10.6. The molecule has 3 aromatic heterocycles. The number of hydrogen-bond donors (Lipinski definition) is 2. The molecule has 9 rings (SSSR count). The fraction of sp³-hybridized carbons (Fsp3) is 0.225. The Morgan fingerprint density at radius 2 is 1.76 bits per heavy atom. The van der Waals surface area contributed by atoms with Gasteiger partial charge >= 0.3 is 0 Å². The second kappa shape index (κ2) is 13.7. The van der Waals surface area contributed by atoms with Gasteiger partial charge in [0.25, 0.3) is 15.9 Å². The molecule has 12 nitrogen and oxygen atoms in total. The van der Waals surface area contributed by atoms with Gasteiger partial charge in [0, 0.05) is 52.8 Å². The molecule has 3 amide bonds. The number of rotatable bonds is 10. The number of nitrogens with one attached hydrogen (secondary N) is 2. The largest absolute Gasteiger partial charge is 0.455 e. The maximum Gasteiger partial charge on any atom is 0.268 e. The van der Waals surface area contributed by atoms with Crippen molar-refractivity contribution in [2.24, 2.45) is 5.41 Å². The van der Waals surface area contributed by atoms with Crippen LogP contribution in [-0.2, 0) is 26.0 Å². The van der Waals surface area contributed by atoms with Gasteiger partial charge in [-0.05, 0) is 74.4 Å². The van der Waals surface area contributed by atoms with Crippen molar-refractivity contribution in [2.75, 3.05) is 6.54 Å². The van der Waals surface area contributed by atoms with Crippen LogP contribution >= 0.6 is 23.1 Å². The molecule has 15 heteroatoms. The van der Waals surface area contributed by atoms with E-state index in [4.69, 9.17) is 4.74 Å². The van der Waals surface area contributed by atoms with Crippen LogP contribution in [-0.4, -0.2) is 63.6 Å². The van der Waals surface area contributed by atoms with Crippen LogP contribution in [0.1, 0.15) is 46.9 Å². The van der Waals surface area contributed by atoms with Crippen molar-refractivity contribution in [1.29, 1.82) is 0 Å². The number of para-hydroxylation sites is 1. The van der Waals surface area contributed by atoms with Crippen LogP contribution in [0.15, 0.2) is 124 Å². The number of pyridine rings is 1. The summed E-state index contributed by atoms with van der Waals surface area (Å²) in [5, 5.41) is 9.24. The first-order chi connectivity index (χ1) is 26.6. The summed E-state index contributed by atoms with van der Waals surface area (Å²) in [5.74, 6) is 0.0428. The predicted octanol–water partition coefficient (Wildman–Crippen LogP) is 6.20. The topological polar surface area (TPSA) is 153 Å². The number of carbonyl (C=O) groups excluding carboxylic acids is 3. The molecular formula is C40H34N6O6S3. The molecule has 3 aliphatic rings. The maximum absolute atomic E-state index is 14.3. The first-order valence-corrected chi connectivity index (χ1v) is 20.9. The summed E-state index contributed by atoms with van der Waals surface area (Å²) in [5.41, 5.74) is 0.795. The number of likely N-dealkylation sites (tertiary alicyclic amines) is 1. The van der Waals surface area contributed by atoms with E-state index < -0.39 is 33.9 Å². The molecule has 2 fully saturated rings. The van der Waals surface area contributed by atoms with Crippen molar-refractivity contribution < 1.29 is 27.5 Å². The molecule has 1 unspecified atom stereocenters. The average Bonchev–Trinajstić information content (AvgIpc) is 3.54. The van der Waals surface area contributed by atoms with E-state index in [1.165, 1.54) is 33.6 Å². The zero-order valence-electron chi connectivity index (χ0n) is 29.4. The number of nitrogens with zero attached hydrogens (tertiary/aromatic N) is 4. The van der Waals surface area contributed by atoms with Crippen LogP contribution in [0.4, 0.5) is 0 Å². The van der Waals surface area contributed by atoms with Gasteiger partial charge in [-0.15, -0.1) is 11.3 Å². The molecule has 0 spiro atoms. The third kappa shape index (κ3) is 6.35. The van der Waals surface area contributed by atoms with Crippen molar-refractivity contribution in [2.45, 2.75) is 59.0 Å². The molecule has 1 aliphatic carbocycles. The van der Waals surface area contributed by atoms with Gasteiger partial charge in [-0.2, -0.15) is 0 Å².